The number of hydrogen-bond acceptors (Lipinski definition) is 4. The SMILES string of the molecule is CCOC(=O)c1cnc2c(C)cc(C)cc2c1Nc1ccc(Br)cc1. The van der Waals surface area contributed by atoms with Crippen molar-refractivity contribution in [2.45, 2.75) is 20.8 Å². The fraction of sp³-hybridized carbons (Fsp3) is 0.200. The van der Waals surface area contributed by atoms with E-state index in [1.54, 1.807) is 13.1 Å². The zero-order valence-corrected chi connectivity index (χ0v) is 16.0. The minimum absolute atomic E-state index is 0.321. The molecule has 3 aromatic rings. The van der Waals surface area contributed by atoms with Crippen LogP contribution in [0.4, 0.5) is 11.4 Å². The smallest absolute Gasteiger partial charge is 0.341 e. The van der Waals surface area contributed by atoms with Crippen LogP contribution in [-0.2, 0) is 4.74 Å². The quantitative estimate of drug-likeness (QED) is 0.586. The third-order valence-electron chi connectivity index (χ3n) is 3.92. The highest BCUT2D eigenvalue weighted by molar-refractivity contribution is 9.10. The van der Waals surface area contributed by atoms with Gasteiger partial charge in [0, 0.05) is 21.7 Å². The first-order valence-electron chi connectivity index (χ1n) is 8.09. The molecule has 0 bridgehead atoms. The molecule has 0 saturated carbocycles. The van der Waals surface area contributed by atoms with E-state index in [9.17, 15) is 4.79 Å². The number of halogens is 1. The van der Waals surface area contributed by atoms with Gasteiger partial charge in [0.1, 0.15) is 5.56 Å². The lowest BCUT2D eigenvalue weighted by atomic mass is 10.0. The van der Waals surface area contributed by atoms with Crippen molar-refractivity contribution < 1.29 is 9.53 Å². The molecule has 3 rings (SSSR count). The van der Waals surface area contributed by atoms with Crippen molar-refractivity contribution >= 4 is 44.2 Å². The summed E-state index contributed by atoms with van der Waals surface area (Å²) in [6.07, 6.45) is 1.59. The Hall–Kier alpha value is -2.40. The molecule has 0 spiro atoms. The van der Waals surface area contributed by atoms with Gasteiger partial charge < -0.3 is 10.1 Å². The number of aryl methyl sites for hydroxylation is 2. The Kier molecular flexibility index (Phi) is 5.04. The van der Waals surface area contributed by atoms with Crippen molar-refractivity contribution in [3.8, 4) is 0 Å². The second kappa shape index (κ2) is 7.23. The summed E-state index contributed by atoms with van der Waals surface area (Å²) in [5, 5.41) is 4.28. The van der Waals surface area contributed by atoms with E-state index in [2.05, 4.69) is 32.3 Å². The van der Waals surface area contributed by atoms with Crippen LogP contribution in [0.2, 0.25) is 0 Å². The second-order valence-corrected chi connectivity index (χ2v) is 6.79. The van der Waals surface area contributed by atoms with Crippen molar-refractivity contribution in [2.24, 2.45) is 0 Å². The number of carbonyl (C=O) groups is 1. The van der Waals surface area contributed by atoms with Crippen molar-refractivity contribution in [1.29, 1.82) is 0 Å². The topological polar surface area (TPSA) is 51.2 Å². The summed E-state index contributed by atoms with van der Waals surface area (Å²) in [4.78, 5) is 16.9. The number of benzene rings is 2. The summed E-state index contributed by atoms with van der Waals surface area (Å²) in [5.41, 5.74) is 5.11. The zero-order chi connectivity index (χ0) is 18.0. The van der Waals surface area contributed by atoms with Crippen molar-refractivity contribution in [3.63, 3.8) is 0 Å². The van der Waals surface area contributed by atoms with E-state index in [1.165, 1.54) is 0 Å². The van der Waals surface area contributed by atoms with Crippen LogP contribution in [0, 0.1) is 13.8 Å². The van der Waals surface area contributed by atoms with Crippen LogP contribution in [0.1, 0.15) is 28.4 Å². The third-order valence-corrected chi connectivity index (χ3v) is 4.44. The van der Waals surface area contributed by atoms with E-state index in [-0.39, 0.29) is 5.97 Å². The Morgan fingerprint density at radius 3 is 2.60 bits per heavy atom. The van der Waals surface area contributed by atoms with E-state index in [4.69, 9.17) is 4.74 Å². The van der Waals surface area contributed by atoms with E-state index in [1.807, 2.05) is 44.2 Å². The number of nitrogens with zero attached hydrogens (tertiary/aromatic N) is 1. The first kappa shape index (κ1) is 17.4. The van der Waals surface area contributed by atoms with Crippen LogP contribution in [0.25, 0.3) is 10.9 Å². The molecular formula is C20H19BrN2O2. The molecule has 0 amide bonds. The number of anilines is 2. The molecule has 1 N–H and O–H groups in total. The summed E-state index contributed by atoms with van der Waals surface area (Å²) in [5.74, 6) is -0.379. The highest BCUT2D eigenvalue weighted by Crippen LogP contribution is 2.32. The van der Waals surface area contributed by atoms with Gasteiger partial charge in [0.25, 0.3) is 0 Å². The van der Waals surface area contributed by atoms with Gasteiger partial charge in [0.05, 0.1) is 17.8 Å². The standard InChI is InChI=1S/C20H19BrN2O2/c1-4-25-20(24)17-11-22-18-13(3)9-12(2)10-16(18)19(17)23-15-7-5-14(21)6-8-15/h5-11H,4H2,1-3H3,(H,22,23). The predicted octanol–water partition coefficient (Wildman–Crippen LogP) is 5.53. The van der Waals surface area contributed by atoms with E-state index < -0.39 is 0 Å². The number of rotatable bonds is 4. The molecule has 0 fully saturated rings. The lowest BCUT2D eigenvalue weighted by molar-refractivity contribution is 0.0527. The average molecular weight is 399 g/mol. The number of esters is 1. The van der Waals surface area contributed by atoms with Crippen LogP contribution < -0.4 is 5.32 Å². The van der Waals surface area contributed by atoms with Gasteiger partial charge in [-0.2, -0.15) is 0 Å². The molecule has 0 radical (unpaired) electrons. The molecule has 1 aromatic heterocycles. The first-order chi connectivity index (χ1) is 12.0. The Morgan fingerprint density at radius 2 is 1.92 bits per heavy atom. The molecule has 1 heterocycles. The zero-order valence-electron chi connectivity index (χ0n) is 14.4. The minimum atomic E-state index is -0.379. The Labute approximate surface area is 155 Å². The van der Waals surface area contributed by atoms with E-state index >= 15 is 0 Å². The Morgan fingerprint density at radius 1 is 1.20 bits per heavy atom. The molecule has 2 aromatic carbocycles. The molecule has 5 heteroatoms. The van der Waals surface area contributed by atoms with Gasteiger partial charge in [-0.25, -0.2) is 4.79 Å². The molecular weight excluding hydrogens is 380 g/mol. The minimum Gasteiger partial charge on any atom is -0.462 e. The molecule has 0 saturated heterocycles. The normalized spacial score (nSPS) is 10.7. The summed E-state index contributed by atoms with van der Waals surface area (Å²) < 4.78 is 6.20. The molecule has 0 aliphatic rings. The van der Waals surface area contributed by atoms with Gasteiger partial charge in [0.15, 0.2) is 0 Å². The number of nitrogens with one attached hydrogen (secondary N) is 1. The number of carbonyl (C=O) groups excluding carboxylic acids is 1. The fourth-order valence-corrected chi connectivity index (χ4v) is 3.10. The fourth-order valence-electron chi connectivity index (χ4n) is 2.84. The van der Waals surface area contributed by atoms with Crippen LogP contribution in [0.5, 0.6) is 0 Å². The molecule has 25 heavy (non-hydrogen) atoms. The number of aromatic nitrogens is 1. The monoisotopic (exact) mass is 398 g/mol. The van der Waals surface area contributed by atoms with Crippen LogP contribution >= 0.6 is 15.9 Å². The molecule has 128 valence electrons. The Balaban J connectivity index is 2.21. The summed E-state index contributed by atoms with van der Waals surface area (Å²) in [6.45, 7) is 6.17. The van der Waals surface area contributed by atoms with E-state index in [0.29, 0.717) is 12.2 Å². The molecule has 0 unspecified atom stereocenters. The maximum absolute atomic E-state index is 12.4. The lowest BCUT2D eigenvalue weighted by Gasteiger charge is -2.15. The summed E-state index contributed by atoms with van der Waals surface area (Å²) in [7, 11) is 0. The lowest BCUT2D eigenvalue weighted by Crippen LogP contribution is -2.09. The largest absolute Gasteiger partial charge is 0.462 e. The van der Waals surface area contributed by atoms with Crippen LogP contribution in [0.15, 0.2) is 47.1 Å². The maximum atomic E-state index is 12.4. The summed E-state index contributed by atoms with van der Waals surface area (Å²) >= 11 is 3.44. The number of hydrogen-bond donors (Lipinski definition) is 1. The molecule has 0 aliphatic heterocycles. The van der Waals surface area contributed by atoms with Crippen LogP contribution in [0.3, 0.4) is 0 Å². The second-order valence-electron chi connectivity index (χ2n) is 5.88. The predicted molar refractivity (Wildman–Crippen MR) is 105 cm³/mol. The van der Waals surface area contributed by atoms with Gasteiger partial charge in [-0.15, -0.1) is 0 Å². The van der Waals surface area contributed by atoms with Gasteiger partial charge in [-0.3, -0.25) is 4.98 Å². The van der Waals surface area contributed by atoms with Gasteiger partial charge in [-0.1, -0.05) is 27.6 Å². The van der Waals surface area contributed by atoms with Gasteiger partial charge in [0.2, 0.25) is 0 Å². The van der Waals surface area contributed by atoms with Crippen molar-refractivity contribution in [2.75, 3.05) is 11.9 Å². The molecule has 4 nitrogen and oxygen atoms in total. The third kappa shape index (κ3) is 3.66. The number of pyridine rings is 1. The first-order valence-corrected chi connectivity index (χ1v) is 8.88. The number of fused-ring (bicyclic) bond motifs is 1. The summed E-state index contributed by atoms with van der Waals surface area (Å²) in [6, 6.07) is 11.9. The van der Waals surface area contributed by atoms with Crippen molar-refractivity contribution in [1.82, 2.24) is 4.98 Å². The molecule has 0 atom stereocenters. The molecule has 0 aliphatic carbocycles. The highest BCUT2D eigenvalue weighted by atomic mass is 79.9. The average Bonchev–Trinajstić information content (AvgIpc) is 2.57. The number of ether oxygens (including phenoxy) is 1. The van der Waals surface area contributed by atoms with E-state index in [0.717, 1.165) is 37.9 Å². The van der Waals surface area contributed by atoms with Crippen molar-refractivity contribution in [3.05, 3.63) is 63.8 Å². The van der Waals surface area contributed by atoms with Gasteiger partial charge >= 0.3 is 5.97 Å². The van der Waals surface area contributed by atoms with Gasteiger partial charge in [-0.05, 0) is 56.7 Å². The highest BCUT2D eigenvalue weighted by Gasteiger charge is 2.18. The Bertz CT molecular complexity index is 937. The van der Waals surface area contributed by atoms with Crippen LogP contribution in [-0.4, -0.2) is 17.6 Å². The maximum Gasteiger partial charge on any atom is 0.341 e.